The molecule has 2 amide bonds. The first kappa shape index (κ1) is 19.0. The van der Waals surface area contributed by atoms with Gasteiger partial charge in [0.1, 0.15) is 6.54 Å². The minimum absolute atomic E-state index is 0.182. The highest BCUT2D eigenvalue weighted by molar-refractivity contribution is 5.89. The predicted molar refractivity (Wildman–Crippen MR) is 106 cm³/mol. The van der Waals surface area contributed by atoms with Crippen molar-refractivity contribution in [3.63, 3.8) is 0 Å². The van der Waals surface area contributed by atoms with Gasteiger partial charge in [0.15, 0.2) is 11.5 Å². The Bertz CT molecular complexity index is 744. The Kier molecular flexibility index (Phi) is 6.54. The zero-order valence-electron chi connectivity index (χ0n) is 16.0. The molecule has 0 aliphatic carbocycles. The molecular weight excluding hydrogens is 342 g/mol. The summed E-state index contributed by atoms with van der Waals surface area (Å²) in [6.07, 6.45) is 1.98. The van der Waals surface area contributed by atoms with Crippen LogP contribution in [0, 0.1) is 0 Å². The van der Waals surface area contributed by atoms with Gasteiger partial charge in [0, 0.05) is 36.2 Å². The third-order valence-corrected chi connectivity index (χ3v) is 4.97. The molecule has 27 heavy (non-hydrogen) atoms. The number of carbonyl (C=O) groups is 1. The number of nitrogens with one attached hydrogen (secondary N) is 3. The lowest BCUT2D eigenvalue weighted by Crippen LogP contribution is -3.12. The number of ether oxygens (including phenoxy) is 2. The van der Waals surface area contributed by atoms with Crippen LogP contribution in [0.1, 0.15) is 18.4 Å². The largest absolute Gasteiger partial charge is 0.493 e. The van der Waals surface area contributed by atoms with E-state index < -0.39 is 0 Å². The fourth-order valence-electron chi connectivity index (χ4n) is 3.50. The van der Waals surface area contributed by atoms with E-state index in [9.17, 15) is 4.79 Å². The van der Waals surface area contributed by atoms with Crippen molar-refractivity contribution in [1.82, 2.24) is 5.32 Å². The Balaban J connectivity index is 1.45. The van der Waals surface area contributed by atoms with Crippen molar-refractivity contribution >= 4 is 11.7 Å². The van der Waals surface area contributed by atoms with Gasteiger partial charge in [-0.15, -0.1) is 0 Å². The van der Waals surface area contributed by atoms with Gasteiger partial charge in [-0.3, -0.25) is 0 Å². The number of urea groups is 1. The Labute approximate surface area is 160 Å². The van der Waals surface area contributed by atoms with Crippen molar-refractivity contribution in [2.45, 2.75) is 25.4 Å². The molecule has 2 aromatic rings. The summed E-state index contributed by atoms with van der Waals surface area (Å²) in [5, 5.41) is 5.96. The van der Waals surface area contributed by atoms with E-state index in [1.54, 1.807) is 37.3 Å². The van der Waals surface area contributed by atoms with E-state index in [2.05, 4.69) is 34.9 Å². The maximum Gasteiger partial charge on any atom is 0.319 e. The van der Waals surface area contributed by atoms with Crippen LogP contribution in [0.3, 0.4) is 0 Å². The molecule has 1 fully saturated rings. The number of quaternary nitrogens is 1. The molecule has 1 aliphatic heterocycles. The van der Waals surface area contributed by atoms with Gasteiger partial charge in [-0.05, 0) is 12.1 Å². The number of amides is 2. The number of methoxy groups -OCH3 is 2. The van der Waals surface area contributed by atoms with Crippen LogP contribution >= 0.6 is 0 Å². The summed E-state index contributed by atoms with van der Waals surface area (Å²) in [5.74, 6) is 1.23. The van der Waals surface area contributed by atoms with E-state index in [4.69, 9.17) is 9.47 Å². The van der Waals surface area contributed by atoms with E-state index >= 15 is 0 Å². The monoisotopic (exact) mass is 370 g/mol. The minimum Gasteiger partial charge on any atom is -0.493 e. The zero-order chi connectivity index (χ0) is 19.1. The van der Waals surface area contributed by atoms with Crippen LogP contribution in [-0.4, -0.2) is 39.4 Å². The van der Waals surface area contributed by atoms with Gasteiger partial charge in [-0.1, -0.05) is 30.3 Å². The molecule has 0 radical (unpaired) electrons. The van der Waals surface area contributed by atoms with Crippen LogP contribution in [-0.2, 0) is 6.54 Å². The Morgan fingerprint density at radius 2 is 1.74 bits per heavy atom. The number of piperidine rings is 1. The molecule has 0 saturated carbocycles. The molecule has 1 aliphatic rings. The maximum absolute atomic E-state index is 12.3. The number of hydrogen-bond acceptors (Lipinski definition) is 3. The molecular formula is C21H28N3O3+. The van der Waals surface area contributed by atoms with Crippen LogP contribution in [0.15, 0.2) is 48.5 Å². The standard InChI is InChI=1S/C21H27N3O3/c1-26-19-9-8-18(14-20(19)27-2)23-21(25)22-17-10-12-24(13-11-17)15-16-6-4-3-5-7-16/h3-9,14,17H,10-13,15H2,1-2H3,(H2,22,23,25)/p+1. The molecule has 0 unspecified atom stereocenters. The molecule has 3 rings (SSSR count). The second-order valence-corrected chi connectivity index (χ2v) is 6.85. The first-order valence-corrected chi connectivity index (χ1v) is 9.35. The minimum atomic E-state index is -0.182. The van der Waals surface area contributed by atoms with Gasteiger partial charge in [-0.25, -0.2) is 4.79 Å². The number of hydrogen-bond donors (Lipinski definition) is 3. The summed E-state index contributed by atoms with van der Waals surface area (Å²) >= 11 is 0. The molecule has 144 valence electrons. The van der Waals surface area contributed by atoms with Crippen LogP contribution in [0.2, 0.25) is 0 Å². The summed E-state index contributed by atoms with van der Waals surface area (Å²) in [6.45, 7) is 3.18. The lowest BCUT2D eigenvalue weighted by Gasteiger charge is -2.29. The first-order chi connectivity index (χ1) is 13.2. The zero-order valence-corrected chi connectivity index (χ0v) is 16.0. The summed E-state index contributed by atoms with van der Waals surface area (Å²) < 4.78 is 10.5. The average molecular weight is 370 g/mol. The predicted octanol–water partition coefficient (Wildman–Crippen LogP) is 2.07. The van der Waals surface area contributed by atoms with Gasteiger partial charge in [0.05, 0.1) is 27.3 Å². The van der Waals surface area contributed by atoms with E-state index in [1.807, 2.05) is 6.07 Å². The van der Waals surface area contributed by atoms with Gasteiger partial charge in [0.2, 0.25) is 0 Å². The van der Waals surface area contributed by atoms with E-state index in [0.717, 1.165) is 32.5 Å². The van der Waals surface area contributed by atoms with Gasteiger partial charge >= 0.3 is 6.03 Å². The molecule has 0 spiro atoms. The van der Waals surface area contributed by atoms with Crippen molar-refractivity contribution in [3.8, 4) is 11.5 Å². The van der Waals surface area contributed by atoms with E-state index in [-0.39, 0.29) is 12.1 Å². The summed E-state index contributed by atoms with van der Waals surface area (Å²) in [4.78, 5) is 13.9. The molecule has 3 N–H and O–H groups in total. The van der Waals surface area contributed by atoms with Gasteiger partial charge < -0.3 is 25.0 Å². The number of carbonyl (C=O) groups excluding carboxylic acids is 1. The molecule has 0 bridgehead atoms. The average Bonchev–Trinajstić information content (AvgIpc) is 2.70. The molecule has 2 aromatic carbocycles. The highest BCUT2D eigenvalue weighted by Gasteiger charge is 2.23. The van der Waals surface area contributed by atoms with Crippen LogP contribution in [0.25, 0.3) is 0 Å². The fraction of sp³-hybridized carbons (Fsp3) is 0.381. The molecule has 6 nitrogen and oxygen atoms in total. The summed E-state index contributed by atoms with van der Waals surface area (Å²) in [5.41, 5.74) is 2.04. The summed E-state index contributed by atoms with van der Waals surface area (Å²) in [7, 11) is 3.16. The second-order valence-electron chi connectivity index (χ2n) is 6.85. The highest BCUT2D eigenvalue weighted by Crippen LogP contribution is 2.29. The quantitative estimate of drug-likeness (QED) is 0.729. The SMILES string of the molecule is COc1ccc(NC(=O)NC2CC[NH+](Cc3ccccc3)CC2)cc1OC. The van der Waals surface area contributed by atoms with Crippen molar-refractivity contribution in [2.75, 3.05) is 32.6 Å². The molecule has 0 atom stereocenters. The van der Waals surface area contributed by atoms with Crippen molar-refractivity contribution in [3.05, 3.63) is 54.1 Å². The Hall–Kier alpha value is -2.73. The smallest absolute Gasteiger partial charge is 0.319 e. The third-order valence-electron chi connectivity index (χ3n) is 4.97. The topological polar surface area (TPSA) is 64.0 Å². The Morgan fingerprint density at radius 1 is 1.04 bits per heavy atom. The number of likely N-dealkylation sites (tertiary alicyclic amines) is 1. The maximum atomic E-state index is 12.3. The van der Waals surface area contributed by atoms with Crippen LogP contribution < -0.4 is 25.0 Å². The molecule has 1 heterocycles. The number of rotatable bonds is 6. The van der Waals surface area contributed by atoms with Crippen molar-refractivity contribution in [2.24, 2.45) is 0 Å². The first-order valence-electron chi connectivity index (χ1n) is 9.35. The van der Waals surface area contributed by atoms with E-state index in [0.29, 0.717) is 17.2 Å². The normalized spacial score (nSPS) is 19.2. The van der Waals surface area contributed by atoms with Crippen LogP contribution in [0.4, 0.5) is 10.5 Å². The Morgan fingerprint density at radius 3 is 2.41 bits per heavy atom. The van der Waals surface area contributed by atoms with Gasteiger partial charge in [-0.2, -0.15) is 0 Å². The molecule has 6 heteroatoms. The lowest BCUT2D eigenvalue weighted by molar-refractivity contribution is -0.918. The highest BCUT2D eigenvalue weighted by atomic mass is 16.5. The summed E-state index contributed by atoms with van der Waals surface area (Å²) in [6, 6.07) is 15.9. The third kappa shape index (κ3) is 5.37. The van der Waals surface area contributed by atoms with Crippen molar-refractivity contribution < 1.29 is 19.2 Å². The lowest BCUT2D eigenvalue weighted by atomic mass is 10.0. The molecule has 1 saturated heterocycles. The van der Waals surface area contributed by atoms with E-state index in [1.165, 1.54) is 5.56 Å². The fourth-order valence-corrected chi connectivity index (χ4v) is 3.50. The van der Waals surface area contributed by atoms with Gasteiger partial charge in [0.25, 0.3) is 0 Å². The second kappa shape index (κ2) is 9.28. The molecule has 0 aromatic heterocycles. The van der Waals surface area contributed by atoms with Crippen LogP contribution in [0.5, 0.6) is 11.5 Å². The number of anilines is 1. The number of benzene rings is 2. The van der Waals surface area contributed by atoms with Crippen molar-refractivity contribution in [1.29, 1.82) is 0 Å².